The number of aliphatic carboxylic acids is 1. The van der Waals surface area contributed by atoms with Crippen LogP contribution in [0.3, 0.4) is 0 Å². The average Bonchev–Trinajstić information content (AvgIpc) is 2.53. The van der Waals surface area contributed by atoms with E-state index in [1.54, 1.807) is 0 Å². The summed E-state index contributed by atoms with van der Waals surface area (Å²) in [6.45, 7) is 3.83. The van der Waals surface area contributed by atoms with Gasteiger partial charge in [-0.25, -0.2) is 4.79 Å². The quantitative estimate of drug-likeness (QED) is 0.612. The van der Waals surface area contributed by atoms with Crippen LogP contribution in [0.15, 0.2) is 30.3 Å². The molecule has 0 saturated heterocycles. The van der Waals surface area contributed by atoms with Crippen molar-refractivity contribution in [1.82, 2.24) is 10.6 Å². The lowest BCUT2D eigenvalue weighted by Crippen LogP contribution is -2.63. The van der Waals surface area contributed by atoms with Crippen molar-refractivity contribution in [2.45, 2.75) is 57.7 Å². The summed E-state index contributed by atoms with van der Waals surface area (Å²) in [5, 5.41) is 24.4. The van der Waals surface area contributed by atoms with Gasteiger partial charge in [-0.2, -0.15) is 0 Å². The monoisotopic (exact) mass is 334 g/mol. The van der Waals surface area contributed by atoms with Crippen LogP contribution in [0.1, 0.15) is 38.7 Å². The molecule has 0 bridgehead atoms. The van der Waals surface area contributed by atoms with Crippen LogP contribution in [0.4, 0.5) is 4.79 Å². The van der Waals surface area contributed by atoms with Gasteiger partial charge in [-0.05, 0) is 24.8 Å². The highest BCUT2D eigenvalue weighted by molar-refractivity contribution is 5.75. The average molecular weight is 334 g/mol. The van der Waals surface area contributed by atoms with Crippen molar-refractivity contribution in [2.24, 2.45) is 5.41 Å². The Morgan fingerprint density at radius 2 is 1.96 bits per heavy atom. The number of nitrogens with one attached hydrogen (secondary N) is 2. The van der Waals surface area contributed by atoms with E-state index in [2.05, 4.69) is 10.6 Å². The molecule has 3 unspecified atom stereocenters. The first kappa shape index (κ1) is 18.3. The molecule has 0 spiro atoms. The summed E-state index contributed by atoms with van der Waals surface area (Å²) in [7, 11) is 0. The molecule has 6 heteroatoms. The van der Waals surface area contributed by atoms with Crippen LogP contribution in [0.2, 0.25) is 0 Å². The zero-order valence-corrected chi connectivity index (χ0v) is 14.2. The van der Waals surface area contributed by atoms with Crippen molar-refractivity contribution in [3.8, 4) is 0 Å². The van der Waals surface area contributed by atoms with Gasteiger partial charge in [0.25, 0.3) is 0 Å². The van der Waals surface area contributed by atoms with Gasteiger partial charge in [0, 0.05) is 23.9 Å². The summed E-state index contributed by atoms with van der Waals surface area (Å²) < 4.78 is 0. The molecule has 0 heterocycles. The van der Waals surface area contributed by atoms with E-state index in [1.807, 2.05) is 44.2 Å². The van der Waals surface area contributed by atoms with Crippen LogP contribution < -0.4 is 10.6 Å². The first-order valence-electron chi connectivity index (χ1n) is 8.30. The fraction of sp³-hybridized carbons (Fsp3) is 0.556. The third-order valence-corrected chi connectivity index (χ3v) is 4.89. The number of benzene rings is 1. The van der Waals surface area contributed by atoms with E-state index in [1.165, 1.54) is 0 Å². The lowest BCUT2D eigenvalue weighted by atomic mass is 9.65. The van der Waals surface area contributed by atoms with Crippen LogP contribution in [0.5, 0.6) is 0 Å². The number of aliphatic hydroxyl groups excluding tert-OH is 1. The Kier molecular flexibility index (Phi) is 5.83. The molecule has 6 nitrogen and oxygen atoms in total. The number of carboxylic acids is 1. The fourth-order valence-electron chi connectivity index (χ4n) is 2.95. The van der Waals surface area contributed by atoms with Crippen LogP contribution in [0, 0.1) is 5.41 Å². The number of carboxylic acid groups (broad SMARTS) is 1. The molecule has 0 aliphatic heterocycles. The van der Waals surface area contributed by atoms with Crippen molar-refractivity contribution >= 4 is 12.0 Å². The van der Waals surface area contributed by atoms with E-state index in [0.29, 0.717) is 19.3 Å². The largest absolute Gasteiger partial charge is 0.481 e. The molecule has 1 fully saturated rings. The molecular weight excluding hydrogens is 308 g/mol. The Hall–Kier alpha value is -2.08. The second-order valence-electron chi connectivity index (χ2n) is 7.06. The van der Waals surface area contributed by atoms with E-state index in [-0.39, 0.29) is 30.0 Å². The molecule has 0 aromatic heterocycles. The van der Waals surface area contributed by atoms with Crippen molar-refractivity contribution in [2.75, 3.05) is 0 Å². The number of rotatable bonds is 7. The van der Waals surface area contributed by atoms with Crippen molar-refractivity contribution in [3.63, 3.8) is 0 Å². The minimum atomic E-state index is -0.876. The minimum absolute atomic E-state index is 0.00537. The molecule has 1 aromatic rings. The molecule has 24 heavy (non-hydrogen) atoms. The lowest BCUT2D eigenvalue weighted by molar-refractivity contribution is -0.137. The first-order valence-corrected chi connectivity index (χ1v) is 8.30. The Labute approximate surface area is 142 Å². The van der Waals surface area contributed by atoms with E-state index < -0.39 is 12.1 Å². The molecule has 132 valence electrons. The molecule has 1 aromatic carbocycles. The molecule has 1 aliphatic carbocycles. The van der Waals surface area contributed by atoms with Gasteiger partial charge in [0.05, 0.1) is 6.10 Å². The molecule has 4 N–H and O–H groups in total. The van der Waals surface area contributed by atoms with Crippen molar-refractivity contribution < 1.29 is 19.8 Å². The van der Waals surface area contributed by atoms with E-state index in [4.69, 9.17) is 5.11 Å². The van der Waals surface area contributed by atoms with E-state index in [9.17, 15) is 14.7 Å². The van der Waals surface area contributed by atoms with Crippen LogP contribution in [0.25, 0.3) is 0 Å². The summed E-state index contributed by atoms with van der Waals surface area (Å²) in [6, 6.07) is 9.02. The number of hydrogen-bond acceptors (Lipinski definition) is 3. The van der Waals surface area contributed by atoms with E-state index in [0.717, 1.165) is 5.56 Å². The SMILES string of the molecule is CC1(C)C(O)CC1NC(=O)NC(CCC(=O)O)Cc1ccccc1. The summed E-state index contributed by atoms with van der Waals surface area (Å²) in [5.74, 6) is -0.876. The molecule has 1 aliphatic rings. The van der Waals surface area contributed by atoms with Gasteiger partial charge in [0.2, 0.25) is 0 Å². The Morgan fingerprint density at radius 3 is 2.50 bits per heavy atom. The molecule has 2 rings (SSSR count). The van der Waals surface area contributed by atoms with E-state index >= 15 is 0 Å². The molecule has 3 atom stereocenters. The van der Waals surface area contributed by atoms with Gasteiger partial charge in [0.15, 0.2) is 0 Å². The number of carbonyl (C=O) groups excluding carboxylic acids is 1. The highest BCUT2D eigenvalue weighted by atomic mass is 16.4. The predicted octanol–water partition coefficient (Wildman–Crippen LogP) is 1.92. The van der Waals surface area contributed by atoms with Gasteiger partial charge in [-0.3, -0.25) is 4.79 Å². The highest BCUT2D eigenvalue weighted by Gasteiger charge is 2.48. The summed E-state index contributed by atoms with van der Waals surface area (Å²) in [4.78, 5) is 23.1. The molecular formula is C18H26N2O4. The van der Waals surface area contributed by atoms with Gasteiger partial charge < -0.3 is 20.8 Å². The lowest BCUT2D eigenvalue weighted by Gasteiger charge is -2.49. The normalized spacial score (nSPS) is 23.0. The van der Waals surface area contributed by atoms with Crippen molar-refractivity contribution in [1.29, 1.82) is 0 Å². The number of carbonyl (C=O) groups is 2. The molecule has 2 amide bonds. The number of urea groups is 1. The van der Waals surface area contributed by atoms with Gasteiger partial charge in [0.1, 0.15) is 0 Å². The minimum Gasteiger partial charge on any atom is -0.481 e. The Bertz CT molecular complexity index is 574. The fourth-order valence-corrected chi connectivity index (χ4v) is 2.95. The first-order chi connectivity index (χ1) is 11.3. The van der Waals surface area contributed by atoms with Crippen LogP contribution >= 0.6 is 0 Å². The maximum atomic E-state index is 12.2. The molecule has 1 saturated carbocycles. The number of amides is 2. The second-order valence-corrected chi connectivity index (χ2v) is 7.06. The third kappa shape index (κ3) is 4.71. The summed E-state index contributed by atoms with van der Waals surface area (Å²) in [6.07, 6.45) is 1.09. The standard InChI is InChI=1S/C18H26N2O4/c1-18(2)14(11-15(18)21)20-17(24)19-13(8-9-16(22)23)10-12-6-4-3-5-7-12/h3-7,13-15,21H,8-11H2,1-2H3,(H,22,23)(H2,19,20,24). The Balaban J connectivity index is 1.91. The Morgan fingerprint density at radius 1 is 1.29 bits per heavy atom. The zero-order chi connectivity index (χ0) is 17.7. The third-order valence-electron chi connectivity index (χ3n) is 4.89. The van der Waals surface area contributed by atoms with Crippen LogP contribution in [-0.2, 0) is 11.2 Å². The van der Waals surface area contributed by atoms with Crippen LogP contribution in [-0.4, -0.2) is 40.4 Å². The van der Waals surface area contributed by atoms with Crippen molar-refractivity contribution in [3.05, 3.63) is 35.9 Å². The highest BCUT2D eigenvalue weighted by Crippen LogP contribution is 2.40. The van der Waals surface area contributed by atoms with Gasteiger partial charge in [-0.1, -0.05) is 44.2 Å². The zero-order valence-electron chi connectivity index (χ0n) is 14.2. The van der Waals surface area contributed by atoms with Gasteiger partial charge >= 0.3 is 12.0 Å². The summed E-state index contributed by atoms with van der Waals surface area (Å²) >= 11 is 0. The maximum absolute atomic E-state index is 12.2. The number of hydrogen-bond donors (Lipinski definition) is 4. The topological polar surface area (TPSA) is 98.7 Å². The second kappa shape index (κ2) is 7.66. The smallest absolute Gasteiger partial charge is 0.315 e. The summed E-state index contributed by atoms with van der Waals surface area (Å²) in [5.41, 5.74) is 0.709. The predicted molar refractivity (Wildman–Crippen MR) is 90.7 cm³/mol. The van der Waals surface area contributed by atoms with Gasteiger partial charge in [-0.15, -0.1) is 0 Å². The number of aliphatic hydroxyl groups is 1. The maximum Gasteiger partial charge on any atom is 0.315 e. The molecule has 0 radical (unpaired) electrons.